The maximum absolute atomic E-state index is 12.9. The molecule has 1 amide bonds. The van der Waals surface area contributed by atoms with E-state index in [-0.39, 0.29) is 5.91 Å². The lowest BCUT2D eigenvalue weighted by Gasteiger charge is -2.36. The van der Waals surface area contributed by atoms with Gasteiger partial charge in [-0.15, -0.1) is 0 Å². The van der Waals surface area contributed by atoms with Crippen LogP contribution >= 0.6 is 0 Å². The smallest absolute Gasteiger partial charge is 0.270 e. The molecule has 0 saturated carbocycles. The van der Waals surface area contributed by atoms with E-state index in [1.807, 2.05) is 31.2 Å². The number of nitrogens with zero attached hydrogens (tertiary/aromatic N) is 4. The monoisotopic (exact) mass is 431 g/mol. The van der Waals surface area contributed by atoms with Gasteiger partial charge in [0.2, 0.25) is 6.10 Å². The van der Waals surface area contributed by atoms with Crippen LogP contribution in [0.3, 0.4) is 0 Å². The van der Waals surface area contributed by atoms with E-state index in [4.69, 9.17) is 9.47 Å². The van der Waals surface area contributed by atoms with Gasteiger partial charge in [-0.2, -0.15) is 0 Å². The van der Waals surface area contributed by atoms with Crippen LogP contribution < -0.4 is 24.6 Å². The van der Waals surface area contributed by atoms with E-state index < -0.39 is 12.2 Å². The van der Waals surface area contributed by atoms with E-state index in [9.17, 15) is 4.79 Å². The predicted molar refractivity (Wildman–Crippen MR) is 122 cm³/mol. The number of nitrogens with one attached hydrogen (secondary N) is 1. The van der Waals surface area contributed by atoms with E-state index in [0.717, 1.165) is 32.0 Å². The number of aromatic nitrogens is 2. The van der Waals surface area contributed by atoms with Gasteiger partial charge in [0.05, 0.1) is 0 Å². The van der Waals surface area contributed by atoms with Crippen LogP contribution in [0.15, 0.2) is 67.0 Å². The lowest BCUT2D eigenvalue weighted by Crippen LogP contribution is -2.47. The molecule has 1 saturated heterocycles. The molecular formula is C24H25N5O3. The van der Waals surface area contributed by atoms with Crippen LogP contribution in [-0.4, -0.2) is 54.3 Å². The molecule has 3 heterocycles. The standard InChI is InChI=1S/C24H25N5O3/c1-17-23(32-20-10-6-5-9-19(20)31-17)24(30)27-21-15-22(26-16-25-21)29-13-11-28(12-14-29)18-7-3-2-4-8-18/h2-10,15-17,23H,11-14H2,1H3,(H,25,26,27,30). The summed E-state index contributed by atoms with van der Waals surface area (Å²) in [5.41, 5.74) is 1.23. The largest absolute Gasteiger partial charge is 0.482 e. The Hall–Kier alpha value is -3.81. The van der Waals surface area contributed by atoms with Crippen LogP contribution in [0.1, 0.15) is 6.92 Å². The highest BCUT2D eigenvalue weighted by Crippen LogP contribution is 2.33. The van der Waals surface area contributed by atoms with Crippen molar-refractivity contribution in [2.24, 2.45) is 0 Å². The number of para-hydroxylation sites is 3. The van der Waals surface area contributed by atoms with E-state index in [1.54, 1.807) is 12.1 Å². The van der Waals surface area contributed by atoms with E-state index in [1.165, 1.54) is 12.0 Å². The molecule has 2 aliphatic heterocycles. The fraction of sp³-hybridized carbons (Fsp3) is 0.292. The van der Waals surface area contributed by atoms with Crippen molar-refractivity contribution in [3.63, 3.8) is 0 Å². The molecule has 2 atom stereocenters. The van der Waals surface area contributed by atoms with Crippen LogP contribution in [0.25, 0.3) is 0 Å². The third kappa shape index (κ3) is 4.16. The molecule has 5 rings (SSSR count). The maximum Gasteiger partial charge on any atom is 0.270 e. The summed E-state index contributed by atoms with van der Waals surface area (Å²) in [4.78, 5) is 26.1. The Morgan fingerprint density at radius 3 is 2.31 bits per heavy atom. The van der Waals surface area contributed by atoms with E-state index in [2.05, 4.69) is 49.4 Å². The predicted octanol–water partition coefficient (Wildman–Crippen LogP) is 2.97. The van der Waals surface area contributed by atoms with Crippen molar-refractivity contribution in [2.75, 3.05) is 41.3 Å². The van der Waals surface area contributed by atoms with Crippen molar-refractivity contribution >= 4 is 23.2 Å². The van der Waals surface area contributed by atoms with Gasteiger partial charge in [-0.05, 0) is 31.2 Å². The SMILES string of the molecule is CC1Oc2ccccc2OC1C(=O)Nc1cc(N2CCN(c3ccccc3)CC2)ncn1. The topological polar surface area (TPSA) is 79.8 Å². The highest BCUT2D eigenvalue weighted by molar-refractivity contribution is 5.94. The molecule has 1 fully saturated rings. The molecule has 8 nitrogen and oxygen atoms in total. The van der Waals surface area contributed by atoms with Crippen LogP contribution in [0.5, 0.6) is 11.5 Å². The zero-order valence-electron chi connectivity index (χ0n) is 17.8. The third-order valence-electron chi connectivity index (χ3n) is 5.73. The number of carbonyl (C=O) groups is 1. The van der Waals surface area contributed by atoms with Crippen LogP contribution in [0, 0.1) is 0 Å². The van der Waals surface area contributed by atoms with Crippen molar-refractivity contribution in [2.45, 2.75) is 19.1 Å². The Kier molecular flexibility index (Phi) is 5.49. The van der Waals surface area contributed by atoms with Gasteiger partial charge in [-0.25, -0.2) is 9.97 Å². The van der Waals surface area contributed by atoms with Crippen molar-refractivity contribution in [1.29, 1.82) is 0 Å². The lowest BCUT2D eigenvalue weighted by molar-refractivity contribution is -0.128. The molecule has 2 unspecified atom stereocenters. The van der Waals surface area contributed by atoms with Gasteiger partial charge in [-0.1, -0.05) is 30.3 Å². The second-order valence-electron chi connectivity index (χ2n) is 7.87. The molecule has 1 N–H and O–H groups in total. The first-order valence-electron chi connectivity index (χ1n) is 10.8. The minimum Gasteiger partial charge on any atom is -0.482 e. The summed E-state index contributed by atoms with van der Waals surface area (Å²) >= 11 is 0. The Morgan fingerprint density at radius 1 is 0.906 bits per heavy atom. The molecule has 164 valence electrons. The number of piperazine rings is 1. The van der Waals surface area contributed by atoms with Gasteiger partial charge >= 0.3 is 0 Å². The van der Waals surface area contributed by atoms with Crippen LogP contribution in [0.2, 0.25) is 0 Å². The molecule has 3 aromatic rings. The number of benzene rings is 2. The Morgan fingerprint density at radius 2 is 1.56 bits per heavy atom. The number of amides is 1. The summed E-state index contributed by atoms with van der Waals surface area (Å²) < 4.78 is 11.7. The minimum atomic E-state index is -0.766. The number of hydrogen-bond donors (Lipinski definition) is 1. The number of rotatable bonds is 4. The van der Waals surface area contributed by atoms with Crippen molar-refractivity contribution in [3.8, 4) is 11.5 Å². The molecule has 32 heavy (non-hydrogen) atoms. The van der Waals surface area contributed by atoms with Gasteiger partial charge in [0.15, 0.2) is 11.5 Å². The van der Waals surface area contributed by atoms with E-state index in [0.29, 0.717) is 17.3 Å². The summed E-state index contributed by atoms with van der Waals surface area (Å²) in [6.45, 7) is 5.30. The zero-order valence-corrected chi connectivity index (χ0v) is 17.8. The van der Waals surface area contributed by atoms with Gasteiger partial charge in [0, 0.05) is 37.9 Å². The van der Waals surface area contributed by atoms with Crippen molar-refractivity contribution < 1.29 is 14.3 Å². The highest BCUT2D eigenvalue weighted by atomic mass is 16.6. The van der Waals surface area contributed by atoms with Crippen molar-refractivity contribution in [3.05, 3.63) is 67.0 Å². The average Bonchev–Trinajstić information content (AvgIpc) is 2.84. The quantitative estimate of drug-likeness (QED) is 0.680. The van der Waals surface area contributed by atoms with E-state index >= 15 is 0 Å². The van der Waals surface area contributed by atoms with Crippen molar-refractivity contribution in [1.82, 2.24) is 9.97 Å². The van der Waals surface area contributed by atoms with Crippen LogP contribution in [0.4, 0.5) is 17.3 Å². The van der Waals surface area contributed by atoms with Crippen LogP contribution in [-0.2, 0) is 4.79 Å². The molecule has 0 radical (unpaired) electrons. The Bertz CT molecular complexity index is 1090. The molecule has 8 heteroatoms. The fourth-order valence-corrected chi connectivity index (χ4v) is 4.02. The summed E-state index contributed by atoms with van der Waals surface area (Å²) in [5, 5.41) is 2.85. The second-order valence-corrected chi connectivity index (χ2v) is 7.87. The molecular weight excluding hydrogens is 406 g/mol. The number of carbonyl (C=O) groups excluding carboxylic acids is 1. The first kappa shape index (κ1) is 20.1. The first-order valence-corrected chi connectivity index (χ1v) is 10.8. The lowest BCUT2D eigenvalue weighted by atomic mass is 10.1. The Balaban J connectivity index is 1.23. The normalized spacial score (nSPS) is 20.0. The second kappa shape index (κ2) is 8.74. The average molecular weight is 431 g/mol. The zero-order chi connectivity index (χ0) is 21.9. The maximum atomic E-state index is 12.9. The summed E-state index contributed by atoms with van der Waals surface area (Å²) in [6, 6.07) is 19.5. The van der Waals surface area contributed by atoms with Gasteiger partial charge in [-0.3, -0.25) is 4.79 Å². The molecule has 0 bridgehead atoms. The number of hydrogen-bond acceptors (Lipinski definition) is 7. The Labute approximate surface area is 186 Å². The highest BCUT2D eigenvalue weighted by Gasteiger charge is 2.34. The minimum absolute atomic E-state index is 0.300. The van der Waals surface area contributed by atoms with Gasteiger partial charge < -0.3 is 24.6 Å². The first-order chi connectivity index (χ1) is 15.7. The molecule has 2 aromatic carbocycles. The summed E-state index contributed by atoms with van der Waals surface area (Å²) in [7, 11) is 0. The fourth-order valence-electron chi connectivity index (χ4n) is 4.02. The number of ether oxygens (including phenoxy) is 2. The molecule has 1 aromatic heterocycles. The number of anilines is 3. The molecule has 2 aliphatic rings. The van der Waals surface area contributed by atoms with Gasteiger partial charge in [0.25, 0.3) is 5.91 Å². The summed E-state index contributed by atoms with van der Waals surface area (Å²) in [5.74, 6) is 2.14. The molecule has 0 aliphatic carbocycles. The number of fused-ring (bicyclic) bond motifs is 1. The van der Waals surface area contributed by atoms with Gasteiger partial charge in [0.1, 0.15) is 24.1 Å². The third-order valence-corrected chi connectivity index (χ3v) is 5.73. The summed E-state index contributed by atoms with van der Waals surface area (Å²) in [6.07, 6.45) is 0.292. The molecule has 0 spiro atoms.